The molecule has 1 atom stereocenters. The van der Waals surface area contributed by atoms with Crippen LogP contribution in [0.5, 0.6) is 0 Å². The number of carbonyl (C=O) groups is 1. The summed E-state index contributed by atoms with van der Waals surface area (Å²) in [5.41, 5.74) is 1.05. The second kappa shape index (κ2) is 6.54. The predicted octanol–water partition coefficient (Wildman–Crippen LogP) is 1.67. The van der Waals surface area contributed by atoms with Crippen LogP contribution in [-0.4, -0.2) is 45.8 Å². The minimum Gasteiger partial charge on any atom is -0.394 e. The van der Waals surface area contributed by atoms with Gasteiger partial charge in [-0.3, -0.25) is 4.79 Å². The van der Waals surface area contributed by atoms with Gasteiger partial charge in [0.2, 0.25) is 5.91 Å². The zero-order valence-electron chi connectivity index (χ0n) is 10.5. The van der Waals surface area contributed by atoms with E-state index >= 15 is 0 Å². The first-order valence-electron chi connectivity index (χ1n) is 6.10. The van der Waals surface area contributed by atoms with Crippen LogP contribution >= 0.6 is 23.1 Å². The molecule has 2 rings (SSSR count). The summed E-state index contributed by atoms with van der Waals surface area (Å²) >= 11 is 3.24. The molecule has 2 heterocycles. The SMILES string of the molecule is Cc1nc(CSCC(=O)N2CCC[C@@H]2CO)cs1. The van der Waals surface area contributed by atoms with Crippen molar-refractivity contribution in [3.8, 4) is 0 Å². The van der Waals surface area contributed by atoms with Crippen molar-refractivity contribution in [3.63, 3.8) is 0 Å². The summed E-state index contributed by atoms with van der Waals surface area (Å²) in [5, 5.41) is 12.3. The number of aliphatic hydroxyl groups excluding tert-OH is 1. The van der Waals surface area contributed by atoms with Crippen molar-refractivity contribution >= 4 is 29.0 Å². The third kappa shape index (κ3) is 3.46. The van der Waals surface area contributed by atoms with E-state index in [9.17, 15) is 9.90 Å². The molecule has 0 aromatic carbocycles. The number of carbonyl (C=O) groups excluding carboxylic acids is 1. The van der Waals surface area contributed by atoms with Gasteiger partial charge in [-0.05, 0) is 19.8 Å². The Labute approximate surface area is 115 Å². The monoisotopic (exact) mass is 286 g/mol. The van der Waals surface area contributed by atoms with Crippen LogP contribution in [0.4, 0.5) is 0 Å². The van der Waals surface area contributed by atoms with E-state index in [1.54, 1.807) is 23.1 Å². The van der Waals surface area contributed by atoms with Crippen molar-refractivity contribution in [2.75, 3.05) is 18.9 Å². The third-order valence-corrected chi connectivity index (χ3v) is 4.82. The number of hydrogen-bond donors (Lipinski definition) is 1. The second-order valence-electron chi connectivity index (χ2n) is 4.42. The molecule has 4 nitrogen and oxygen atoms in total. The second-order valence-corrected chi connectivity index (χ2v) is 6.46. The average molecular weight is 286 g/mol. The molecule has 1 aromatic rings. The Kier molecular flexibility index (Phi) is 5.03. The molecule has 1 amide bonds. The smallest absolute Gasteiger partial charge is 0.232 e. The molecule has 1 saturated heterocycles. The van der Waals surface area contributed by atoms with Gasteiger partial charge in [-0.15, -0.1) is 23.1 Å². The van der Waals surface area contributed by atoms with E-state index in [-0.39, 0.29) is 18.6 Å². The number of aliphatic hydroxyl groups is 1. The van der Waals surface area contributed by atoms with E-state index < -0.39 is 0 Å². The summed E-state index contributed by atoms with van der Waals surface area (Å²) in [5.74, 6) is 1.41. The first-order chi connectivity index (χ1) is 8.70. The van der Waals surface area contributed by atoms with E-state index in [0.717, 1.165) is 35.8 Å². The number of hydrogen-bond acceptors (Lipinski definition) is 5. The number of nitrogens with zero attached hydrogens (tertiary/aromatic N) is 2. The van der Waals surface area contributed by atoms with Crippen molar-refractivity contribution in [1.29, 1.82) is 0 Å². The highest BCUT2D eigenvalue weighted by molar-refractivity contribution is 7.99. The van der Waals surface area contributed by atoms with E-state index in [0.29, 0.717) is 5.75 Å². The molecule has 0 unspecified atom stereocenters. The minimum absolute atomic E-state index is 0.0413. The first-order valence-corrected chi connectivity index (χ1v) is 8.13. The molecular weight excluding hydrogens is 268 g/mol. The number of aryl methyl sites for hydroxylation is 1. The normalized spacial score (nSPS) is 19.4. The molecule has 0 bridgehead atoms. The molecule has 0 saturated carbocycles. The number of aromatic nitrogens is 1. The maximum Gasteiger partial charge on any atom is 0.232 e. The molecule has 1 N–H and O–H groups in total. The Hall–Kier alpha value is -0.590. The van der Waals surface area contributed by atoms with Crippen molar-refractivity contribution in [1.82, 2.24) is 9.88 Å². The van der Waals surface area contributed by atoms with Gasteiger partial charge in [0, 0.05) is 17.7 Å². The van der Waals surface area contributed by atoms with E-state index in [2.05, 4.69) is 4.98 Å². The van der Waals surface area contributed by atoms with Gasteiger partial charge in [0.15, 0.2) is 0 Å². The zero-order chi connectivity index (χ0) is 13.0. The van der Waals surface area contributed by atoms with Gasteiger partial charge < -0.3 is 10.0 Å². The summed E-state index contributed by atoms with van der Waals surface area (Å²) in [6.45, 7) is 2.86. The first kappa shape index (κ1) is 13.8. The molecule has 1 aromatic heterocycles. The summed E-state index contributed by atoms with van der Waals surface area (Å²) in [6.07, 6.45) is 1.94. The fourth-order valence-corrected chi connectivity index (χ4v) is 3.67. The predicted molar refractivity (Wildman–Crippen MR) is 74.8 cm³/mol. The van der Waals surface area contributed by atoms with Crippen LogP contribution in [0.2, 0.25) is 0 Å². The Morgan fingerprint density at radius 1 is 1.72 bits per heavy atom. The Morgan fingerprint density at radius 3 is 3.22 bits per heavy atom. The maximum absolute atomic E-state index is 12.0. The maximum atomic E-state index is 12.0. The molecule has 100 valence electrons. The van der Waals surface area contributed by atoms with Crippen LogP contribution in [0.1, 0.15) is 23.5 Å². The van der Waals surface area contributed by atoms with E-state index in [4.69, 9.17) is 0 Å². The number of likely N-dealkylation sites (tertiary alicyclic amines) is 1. The summed E-state index contributed by atoms with van der Waals surface area (Å²) in [6, 6.07) is 0.0413. The van der Waals surface area contributed by atoms with Crippen LogP contribution < -0.4 is 0 Å². The minimum atomic E-state index is 0.0413. The standard InChI is InChI=1S/C12H18N2O2S2/c1-9-13-10(7-18-9)6-17-8-12(16)14-4-2-3-11(14)5-15/h7,11,15H,2-6,8H2,1H3/t11-/m1/s1. The van der Waals surface area contributed by atoms with Crippen molar-refractivity contribution < 1.29 is 9.90 Å². The van der Waals surface area contributed by atoms with Gasteiger partial charge in [-0.1, -0.05) is 0 Å². The van der Waals surface area contributed by atoms with Crippen LogP contribution in [-0.2, 0) is 10.5 Å². The quantitative estimate of drug-likeness (QED) is 0.894. The van der Waals surface area contributed by atoms with Crippen molar-refractivity contribution in [2.24, 2.45) is 0 Å². The van der Waals surface area contributed by atoms with Crippen LogP contribution in [0.15, 0.2) is 5.38 Å². The number of rotatable bonds is 5. The summed E-state index contributed by atoms with van der Waals surface area (Å²) in [7, 11) is 0. The van der Waals surface area contributed by atoms with E-state index in [1.165, 1.54) is 0 Å². The molecule has 1 fully saturated rings. The van der Waals surface area contributed by atoms with Crippen molar-refractivity contribution in [2.45, 2.75) is 31.6 Å². The van der Waals surface area contributed by atoms with Crippen LogP contribution in [0, 0.1) is 6.92 Å². The van der Waals surface area contributed by atoms with Gasteiger partial charge in [0.05, 0.1) is 29.1 Å². The van der Waals surface area contributed by atoms with Gasteiger partial charge in [0.25, 0.3) is 0 Å². The fraction of sp³-hybridized carbons (Fsp3) is 0.667. The molecule has 0 radical (unpaired) electrons. The van der Waals surface area contributed by atoms with Gasteiger partial charge in [-0.25, -0.2) is 4.98 Å². The Balaban J connectivity index is 1.74. The summed E-state index contributed by atoms with van der Waals surface area (Å²) in [4.78, 5) is 18.2. The Morgan fingerprint density at radius 2 is 2.56 bits per heavy atom. The lowest BCUT2D eigenvalue weighted by Gasteiger charge is -2.22. The van der Waals surface area contributed by atoms with Gasteiger partial charge in [0.1, 0.15) is 0 Å². The summed E-state index contributed by atoms with van der Waals surface area (Å²) < 4.78 is 0. The largest absolute Gasteiger partial charge is 0.394 e. The zero-order valence-corrected chi connectivity index (χ0v) is 12.1. The lowest BCUT2D eigenvalue weighted by Crippen LogP contribution is -2.38. The number of thiazole rings is 1. The third-order valence-electron chi connectivity index (χ3n) is 3.05. The molecule has 1 aliphatic rings. The lowest BCUT2D eigenvalue weighted by atomic mass is 10.2. The Bertz CT molecular complexity index is 409. The molecule has 0 spiro atoms. The van der Waals surface area contributed by atoms with Gasteiger partial charge in [-0.2, -0.15) is 0 Å². The highest BCUT2D eigenvalue weighted by Gasteiger charge is 2.27. The van der Waals surface area contributed by atoms with Crippen LogP contribution in [0.3, 0.4) is 0 Å². The molecule has 6 heteroatoms. The average Bonchev–Trinajstić information content (AvgIpc) is 2.97. The topological polar surface area (TPSA) is 53.4 Å². The number of amides is 1. The lowest BCUT2D eigenvalue weighted by molar-refractivity contribution is -0.129. The highest BCUT2D eigenvalue weighted by Crippen LogP contribution is 2.20. The molecule has 0 aliphatic carbocycles. The number of thioether (sulfide) groups is 1. The van der Waals surface area contributed by atoms with Crippen LogP contribution in [0.25, 0.3) is 0 Å². The van der Waals surface area contributed by atoms with Gasteiger partial charge >= 0.3 is 0 Å². The fourth-order valence-electron chi connectivity index (χ4n) is 2.15. The highest BCUT2D eigenvalue weighted by atomic mass is 32.2. The molecule has 1 aliphatic heterocycles. The molecule has 18 heavy (non-hydrogen) atoms. The van der Waals surface area contributed by atoms with E-state index in [1.807, 2.05) is 17.2 Å². The molecular formula is C12H18N2O2S2. The van der Waals surface area contributed by atoms with Crippen molar-refractivity contribution in [3.05, 3.63) is 16.1 Å².